The van der Waals surface area contributed by atoms with Crippen molar-refractivity contribution in [2.45, 2.75) is 52.0 Å². The molecule has 0 heterocycles. The first-order valence-electron chi connectivity index (χ1n) is 7.04. The lowest BCUT2D eigenvalue weighted by Crippen LogP contribution is -2.45. The molecule has 4 nitrogen and oxygen atoms in total. The molecule has 0 atom stereocenters. The molecule has 108 valence electrons. The second-order valence-electron chi connectivity index (χ2n) is 6.32. The van der Waals surface area contributed by atoms with Gasteiger partial charge in [-0.2, -0.15) is 0 Å². The van der Waals surface area contributed by atoms with E-state index in [1.54, 1.807) is 6.08 Å². The van der Waals surface area contributed by atoms with Gasteiger partial charge in [0.1, 0.15) is 0 Å². The molecule has 1 aliphatic rings. The van der Waals surface area contributed by atoms with E-state index in [0.717, 1.165) is 25.7 Å². The Morgan fingerprint density at radius 2 is 1.58 bits per heavy atom. The molecule has 0 bridgehead atoms. The molecular formula is C15H26N2O2. The maximum atomic E-state index is 12.0. The van der Waals surface area contributed by atoms with Crippen LogP contribution in [-0.4, -0.2) is 23.9 Å². The summed E-state index contributed by atoms with van der Waals surface area (Å²) in [5.74, 6) is 0.327. The molecule has 1 fully saturated rings. The minimum absolute atomic E-state index is 0.0543. The van der Waals surface area contributed by atoms with Crippen LogP contribution in [0.3, 0.4) is 0 Å². The first kappa shape index (κ1) is 15.7. The van der Waals surface area contributed by atoms with Crippen LogP contribution in [0.2, 0.25) is 0 Å². The van der Waals surface area contributed by atoms with Gasteiger partial charge in [-0.3, -0.25) is 9.59 Å². The van der Waals surface area contributed by atoms with Crippen molar-refractivity contribution in [3.05, 3.63) is 12.7 Å². The van der Waals surface area contributed by atoms with Crippen molar-refractivity contribution >= 4 is 11.8 Å². The molecular weight excluding hydrogens is 240 g/mol. The maximum absolute atomic E-state index is 12.0. The monoisotopic (exact) mass is 266 g/mol. The normalized spacial score (nSPS) is 23.5. The van der Waals surface area contributed by atoms with Crippen LogP contribution in [-0.2, 0) is 9.59 Å². The van der Waals surface area contributed by atoms with Gasteiger partial charge in [-0.25, -0.2) is 0 Å². The standard InChI is InChI=1S/C15H26N2O2/c1-5-10-16-13(18)11-6-8-12(9-7-11)14(19)17-15(2,3)4/h5,11-12H,1,6-10H2,2-4H3,(H,16,18)(H,17,19). The molecule has 2 N–H and O–H groups in total. The third-order valence-electron chi connectivity index (χ3n) is 3.39. The van der Waals surface area contributed by atoms with E-state index in [2.05, 4.69) is 17.2 Å². The summed E-state index contributed by atoms with van der Waals surface area (Å²) in [5.41, 5.74) is -0.185. The molecule has 1 saturated carbocycles. The SMILES string of the molecule is C=CCNC(=O)C1CCC(C(=O)NC(C)(C)C)CC1. The number of nitrogens with one attached hydrogen (secondary N) is 2. The maximum Gasteiger partial charge on any atom is 0.223 e. The average Bonchev–Trinajstić information content (AvgIpc) is 2.34. The summed E-state index contributed by atoms with van der Waals surface area (Å²) in [6.07, 6.45) is 4.87. The van der Waals surface area contributed by atoms with Gasteiger partial charge in [0, 0.05) is 23.9 Å². The molecule has 0 aromatic carbocycles. The zero-order valence-corrected chi connectivity index (χ0v) is 12.3. The number of carbonyl (C=O) groups is 2. The lowest BCUT2D eigenvalue weighted by molar-refractivity contribution is -0.131. The Morgan fingerprint density at radius 1 is 1.11 bits per heavy atom. The zero-order valence-electron chi connectivity index (χ0n) is 12.3. The van der Waals surface area contributed by atoms with Crippen LogP contribution in [0.15, 0.2) is 12.7 Å². The summed E-state index contributed by atoms with van der Waals surface area (Å²) in [6.45, 7) is 10.1. The lowest BCUT2D eigenvalue weighted by atomic mass is 9.81. The van der Waals surface area contributed by atoms with Crippen molar-refractivity contribution in [1.82, 2.24) is 10.6 Å². The van der Waals surface area contributed by atoms with Gasteiger partial charge >= 0.3 is 0 Å². The van der Waals surface area contributed by atoms with Crippen LogP contribution in [0.4, 0.5) is 0 Å². The predicted octanol–water partition coefficient (Wildman–Crippen LogP) is 2.01. The smallest absolute Gasteiger partial charge is 0.223 e. The van der Waals surface area contributed by atoms with E-state index in [0.29, 0.717) is 6.54 Å². The third-order valence-corrected chi connectivity index (χ3v) is 3.39. The number of hydrogen-bond acceptors (Lipinski definition) is 2. The van der Waals surface area contributed by atoms with Gasteiger partial charge in [0.25, 0.3) is 0 Å². The Kier molecular flexibility index (Phi) is 5.58. The Hall–Kier alpha value is -1.32. The number of carbonyl (C=O) groups excluding carboxylic acids is 2. The molecule has 0 aliphatic heterocycles. The molecule has 0 saturated heterocycles. The van der Waals surface area contributed by atoms with E-state index < -0.39 is 0 Å². The molecule has 1 aliphatic carbocycles. The molecule has 0 radical (unpaired) electrons. The van der Waals surface area contributed by atoms with E-state index >= 15 is 0 Å². The van der Waals surface area contributed by atoms with E-state index in [-0.39, 0.29) is 29.2 Å². The fraction of sp³-hybridized carbons (Fsp3) is 0.733. The first-order chi connectivity index (χ1) is 8.83. The molecule has 2 amide bonds. The van der Waals surface area contributed by atoms with Gasteiger partial charge in [0.15, 0.2) is 0 Å². The highest BCUT2D eigenvalue weighted by Crippen LogP contribution is 2.29. The zero-order chi connectivity index (χ0) is 14.5. The Bertz CT molecular complexity index is 337. The third kappa shape index (κ3) is 5.45. The largest absolute Gasteiger partial charge is 0.352 e. The van der Waals surface area contributed by atoms with Crippen molar-refractivity contribution in [2.24, 2.45) is 11.8 Å². The van der Waals surface area contributed by atoms with Gasteiger partial charge in [0.2, 0.25) is 11.8 Å². The Labute approximate surface area is 116 Å². The van der Waals surface area contributed by atoms with Gasteiger partial charge in [-0.15, -0.1) is 6.58 Å². The van der Waals surface area contributed by atoms with Gasteiger partial charge in [-0.05, 0) is 46.5 Å². The lowest BCUT2D eigenvalue weighted by Gasteiger charge is -2.30. The summed E-state index contributed by atoms with van der Waals surface area (Å²) in [5, 5.41) is 5.84. The molecule has 19 heavy (non-hydrogen) atoms. The molecule has 0 spiro atoms. The second-order valence-corrected chi connectivity index (χ2v) is 6.32. The number of rotatable bonds is 4. The summed E-state index contributed by atoms with van der Waals surface area (Å²) >= 11 is 0. The number of hydrogen-bond donors (Lipinski definition) is 2. The van der Waals surface area contributed by atoms with E-state index in [4.69, 9.17) is 0 Å². The highest BCUT2D eigenvalue weighted by atomic mass is 16.2. The quantitative estimate of drug-likeness (QED) is 0.765. The fourth-order valence-corrected chi connectivity index (χ4v) is 2.41. The minimum Gasteiger partial charge on any atom is -0.352 e. The Balaban J connectivity index is 2.38. The number of amides is 2. The topological polar surface area (TPSA) is 58.2 Å². The van der Waals surface area contributed by atoms with Gasteiger partial charge < -0.3 is 10.6 Å². The molecule has 4 heteroatoms. The van der Waals surface area contributed by atoms with Crippen LogP contribution < -0.4 is 10.6 Å². The highest BCUT2D eigenvalue weighted by Gasteiger charge is 2.30. The average molecular weight is 266 g/mol. The first-order valence-corrected chi connectivity index (χ1v) is 7.04. The van der Waals surface area contributed by atoms with E-state index in [9.17, 15) is 9.59 Å². The molecule has 0 aromatic heterocycles. The van der Waals surface area contributed by atoms with Crippen LogP contribution >= 0.6 is 0 Å². The summed E-state index contributed by atoms with van der Waals surface area (Å²) in [7, 11) is 0. The summed E-state index contributed by atoms with van der Waals surface area (Å²) in [6, 6.07) is 0. The van der Waals surface area contributed by atoms with Crippen LogP contribution in [0.25, 0.3) is 0 Å². The van der Waals surface area contributed by atoms with Crippen molar-refractivity contribution in [1.29, 1.82) is 0 Å². The van der Waals surface area contributed by atoms with Crippen molar-refractivity contribution < 1.29 is 9.59 Å². The van der Waals surface area contributed by atoms with Crippen molar-refractivity contribution in [3.8, 4) is 0 Å². The minimum atomic E-state index is -0.185. The Morgan fingerprint density at radius 3 is 2.00 bits per heavy atom. The van der Waals surface area contributed by atoms with Crippen molar-refractivity contribution in [2.75, 3.05) is 6.54 Å². The second kappa shape index (κ2) is 6.73. The molecule has 0 unspecified atom stereocenters. The van der Waals surface area contributed by atoms with Crippen LogP contribution in [0.5, 0.6) is 0 Å². The van der Waals surface area contributed by atoms with Gasteiger partial charge in [0.05, 0.1) is 0 Å². The van der Waals surface area contributed by atoms with E-state index in [1.165, 1.54) is 0 Å². The van der Waals surface area contributed by atoms with E-state index in [1.807, 2.05) is 20.8 Å². The predicted molar refractivity (Wildman–Crippen MR) is 76.6 cm³/mol. The van der Waals surface area contributed by atoms with Crippen LogP contribution in [0, 0.1) is 11.8 Å². The molecule has 0 aromatic rings. The molecule has 1 rings (SSSR count). The highest BCUT2D eigenvalue weighted by molar-refractivity contribution is 5.81. The van der Waals surface area contributed by atoms with Gasteiger partial charge in [-0.1, -0.05) is 6.08 Å². The van der Waals surface area contributed by atoms with Crippen LogP contribution in [0.1, 0.15) is 46.5 Å². The summed E-state index contributed by atoms with van der Waals surface area (Å²) < 4.78 is 0. The fourth-order valence-electron chi connectivity index (χ4n) is 2.41. The van der Waals surface area contributed by atoms with Crippen molar-refractivity contribution in [3.63, 3.8) is 0 Å². The summed E-state index contributed by atoms with van der Waals surface area (Å²) in [4.78, 5) is 23.8.